The number of nitro benzene ring substituents is 1. The van der Waals surface area contributed by atoms with Crippen molar-refractivity contribution in [2.24, 2.45) is 0 Å². The lowest BCUT2D eigenvalue weighted by atomic mass is 10.2. The highest BCUT2D eigenvalue weighted by Gasteiger charge is 2.23. The van der Waals surface area contributed by atoms with E-state index in [2.05, 4.69) is 10.3 Å². The minimum absolute atomic E-state index is 0.0308. The van der Waals surface area contributed by atoms with Gasteiger partial charge in [0, 0.05) is 29.3 Å². The zero-order chi connectivity index (χ0) is 20.3. The first-order chi connectivity index (χ1) is 13.3. The van der Waals surface area contributed by atoms with E-state index in [0.29, 0.717) is 10.7 Å². The van der Waals surface area contributed by atoms with Crippen LogP contribution in [-0.2, 0) is 10.1 Å². The van der Waals surface area contributed by atoms with Crippen LogP contribution in [0.1, 0.15) is 15.9 Å². The van der Waals surface area contributed by atoms with Crippen molar-refractivity contribution < 1.29 is 22.3 Å². The molecule has 0 bridgehead atoms. The number of hydrogen-bond donors (Lipinski definition) is 1. The Morgan fingerprint density at radius 1 is 1.21 bits per heavy atom. The van der Waals surface area contributed by atoms with Crippen molar-refractivity contribution in [3.05, 3.63) is 75.3 Å². The third kappa shape index (κ3) is 4.32. The summed E-state index contributed by atoms with van der Waals surface area (Å²) >= 11 is 1.26. The molecule has 3 aromatic rings. The Balaban J connectivity index is 1.79. The average molecular weight is 419 g/mol. The zero-order valence-corrected chi connectivity index (χ0v) is 16.0. The summed E-state index contributed by atoms with van der Waals surface area (Å²) in [4.78, 5) is 26.0. The maximum Gasteiger partial charge on any atom is 0.339 e. The molecule has 0 saturated carbocycles. The van der Waals surface area contributed by atoms with Crippen LogP contribution in [0, 0.1) is 17.0 Å². The second kappa shape index (κ2) is 7.74. The molecule has 11 heteroatoms. The maximum atomic E-state index is 12.5. The van der Waals surface area contributed by atoms with Gasteiger partial charge < -0.3 is 4.18 Å². The zero-order valence-electron chi connectivity index (χ0n) is 14.4. The lowest BCUT2D eigenvalue weighted by Gasteiger charge is -2.10. The molecular weight excluding hydrogens is 406 g/mol. The van der Waals surface area contributed by atoms with Crippen LogP contribution in [0.2, 0.25) is 0 Å². The number of thiazole rings is 1. The minimum Gasteiger partial charge on any atom is -0.379 e. The van der Waals surface area contributed by atoms with Crippen LogP contribution in [0.5, 0.6) is 5.75 Å². The summed E-state index contributed by atoms with van der Waals surface area (Å²) in [5, 5.41) is 15.6. The van der Waals surface area contributed by atoms with Crippen molar-refractivity contribution in [2.45, 2.75) is 11.8 Å². The number of aryl methyl sites for hydroxylation is 1. The SMILES string of the molecule is Cc1ccc([N+](=O)[O-])cc1S(=O)(=O)Oc1ccc(C(=O)Nc2nccs2)cc1. The van der Waals surface area contributed by atoms with E-state index in [4.69, 9.17) is 4.18 Å². The van der Waals surface area contributed by atoms with Crippen molar-refractivity contribution in [1.29, 1.82) is 0 Å². The summed E-state index contributed by atoms with van der Waals surface area (Å²) in [6.07, 6.45) is 1.55. The Bertz CT molecular complexity index is 1130. The number of carbonyl (C=O) groups excluding carboxylic acids is 1. The van der Waals surface area contributed by atoms with Crippen molar-refractivity contribution >= 4 is 38.2 Å². The van der Waals surface area contributed by atoms with Crippen LogP contribution in [0.25, 0.3) is 0 Å². The van der Waals surface area contributed by atoms with Crippen molar-refractivity contribution in [3.63, 3.8) is 0 Å². The van der Waals surface area contributed by atoms with Crippen molar-refractivity contribution in [1.82, 2.24) is 4.98 Å². The summed E-state index contributed by atoms with van der Waals surface area (Å²) in [6, 6.07) is 8.93. The molecule has 0 spiro atoms. The Kier molecular flexibility index (Phi) is 5.38. The number of nitrogens with one attached hydrogen (secondary N) is 1. The number of nitro groups is 1. The summed E-state index contributed by atoms with van der Waals surface area (Å²) in [5.41, 5.74) is 0.235. The molecular formula is C17H13N3O6S2. The molecule has 0 radical (unpaired) electrons. The number of non-ortho nitro benzene ring substituents is 1. The predicted molar refractivity (Wildman–Crippen MR) is 102 cm³/mol. The molecule has 28 heavy (non-hydrogen) atoms. The predicted octanol–water partition coefficient (Wildman–Crippen LogP) is 3.38. The fraction of sp³-hybridized carbons (Fsp3) is 0.0588. The number of rotatable bonds is 6. The van der Waals surface area contributed by atoms with Crippen LogP contribution in [0.3, 0.4) is 0 Å². The molecule has 1 amide bonds. The lowest BCUT2D eigenvalue weighted by Crippen LogP contribution is -2.13. The highest BCUT2D eigenvalue weighted by atomic mass is 32.2. The second-order valence-electron chi connectivity index (χ2n) is 5.56. The van der Waals surface area contributed by atoms with Crippen LogP contribution < -0.4 is 9.50 Å². The normalized spacial score (nSPS) is 11.0. The van der Waals surface area contributed by atoms with Gasteiger partial charge >= 0.3 is 10.1 Å². The molecule has 0 saturated heterocycles. The Morgan fingerprint density at radius 2 is 1.93 bits per heavy atom. The minimum atomic E-state index is -4.29. The van der Waals surface area contributed by atoms with Crippen molar-refractivity contribution in [2.75, 3.05) is 5.32 Å². The highest BCUT2D eigenvalue weighted by molar-refractivity contribution is 7.87. The summed E-state index contributed by atoms with van der Waals surface area (Å²) in [5.74, 6) is -0.435. The van der Waals surface area contributed by atoms with Gasteiger partial charge in [0.2, 0.25) is 0 Å². The van der Waals surface area contributed by atoms with E-state index in [9.17, 15) is 23.3 Å². The van der Waals surface area contributed by atoms with E-state index in [1.807, 2.05) is 0 Å². The van der Waals surface area contributed by atoms with Gasteiger partial charge in [0.25, 0.3) is 11.6 Å². The van der Waals surface area contributed by atoms with E-state index in [1.165, 1.54) is 54.7 Å². The molecule has 1 N–H and O–H groups in total. The molecule has 0 aliphatic heterocycles. The van der Waals surface area contributed by atoms with Crippen LogP contribution in [0.4, 0.5) is 10.8 Å². The fourth-order valence-corrected chi connectivity index (χ4v) is 3.97. The first kappa shape index (κ1) is 19.5. The monoisotopic (exact) mass is 419 g/mol. The summed E-state index contributed by atoms with van der Waals surface area (Å²) < 4.78 is 30.0. The third-order valence-corrected chi connectivity index (χ3v) is 5.71. The fourth-order valence-electron chi connectivity index (χ4n) is 2.26. The maximum absolute atomic E-state index is 12.5. The van der Waals surface area contributed by atoms with E-state index in [1.54, 1.807) is 11.6 Å². The standard InChI is InChI=1S/C17H13N3O6S2/c1-11-2-5-13(20(22)23)10-15(11)28(24,25)26-14-6-3-12(4-7-14)16(21)19-17-18-8-9-27-17/h2-10H,1H3,(H,18,19,21). The number of aromatic nitrogens is 1. The number of benzene rings is 2. The van der Waals surface area contributed by atoms with Crippen molar-refractivity contribution in [3.8, 4) is 5.75 Å². The van der Waals surface area contributed by atoms with Crippen LogP contribution >= 0.6 is 11.3 Å². The smallest absolute Gasteiger partial charge is 0.339 e. The van der Waals surface area contributed by atoms with Gasteiger partial charge in [-0.3, -0.25) is 20.2 Å². The molecule has 144 valence electrons. The van der Waals surface area contributed by atoms with E-state index in [0.717, 1.165) is 6.07 Å². The number of carbonyl (C=O) groups is 1. The molecule has 1 aromatic heterocycles. The molecule has 0 fully saturated rings. The Morgan fingerprint density at radius 3 is 2.54 bits per heavy atom. The molecule has 3 rings (SSSR count). The van der Waals surface area contributed by atoms with Gasteiger partial charge in [0.1, 0.15) is 10.6 Å². The van der Waals surface area contributed by atoms with Gasteiger partial charge in [-0.15, -0.1) is 11.3 Å². The number of amides is 1. The number of anilines is 1. The average Bonchev–Trinajstić information content (AvgIpc) is 3.15. The lowest BCUT2D eigenvalue weighted by molar-refractivity contribution is -0.385. The Labute approximate surface area is 163 Å². The first-order valence-corrected chi connectivity index (χ1v) is 10.1. The molecule has 2 aromatic carbocycles. The summed E-state index contributed by atoms with van der Waals surface area (Å²) in [7, 11) is -4.29. The van der Waals surface area contributed by atoms with Gasteiger partial charge in [-0.25, -0.2) is 4.98 Å². The third-order valence-electron chi connectivity index (χ3n) is 3.63. The largest absolute Gasteiger partial charge is 0.379 e. The molecule has 0 unspecified atom stereocenters. The van der Waals surface area contributed by atoms with Crippen LogP contribution in [-0.4, -0.2) is 24.2 Å². The molecule has 1 heterocycles. The number of hydrogen-bond acceptors (Lipinski definition) is 8. The van der Waals surface area contributed by atoms with Gasteiger partial charge in [0.15, 0.2) is 5.13 Å². The van der Waals surface area contributed by atoms with Gasteiger partial charge in [-0.2, -0.15) is 8.42 Å². The van der Waals surface area contributed by atoms with E-state index < -0.39 is 20.9 Å². The van der Waals surface area contributed by atoms with Gasteiger partial charge in [-0.05, 0) is 36.8 Å². The second-order valence-corrected chi connectivity index (χ2v) is 7.97. The molecule has 9 nitrogen and oxygen atoms in total. The van der Waals surface area contributed by atoms with Gasteiger partial charge in [-0.1, -0.05) is 6.07 Å². The van der Waals surface area contributed by atoms with Gasteiger partial charge in [0.05, 0.1) is 4.92 Å². The summed E-state index contributed by atoms with van der Waals surface area (Å²) in [6.45, 7) is 1.51. The number of nitrogens with zero attached hydrogens (tertiary/aromatic N) is 2. The molecule has 0 aliphatic rings. The van der Waals surface area contributed by atoms with E-state index in [-0.39, 0.29) is 21.9 Å². The topological polar surface area (TPSA) is 128 Å². The van der Waals surface area contributed by atoms with E-state index >= 15 is 0 Å². The molecule has 0 aliphatic carbocycles. The molecule has 0 atom stereocenters. The quantitative estimate of drug-likeness (QED) is 0.368. The Hall–Kier alpha value is -3.31. The highest BCUT2D eigenvalue weighted by Crippen LogP contribution is 2.25. The first-order valence-electron chi connectivity index (χ1n) is 7.77. The van der Waals surface area contributed by atoms with Crippen LogP contribution in [0.15, 0.2) is 58.9 Å².